The van der Waals surface area contributed by atoms with Gasteiger partial charge >= 0.3 is 0 Å². The molecule has 2 unspecified atom stereocenters. The van der Waals surface area contributed by atoms with E-state index in [0.717, 1.165) is 19.4 Å². The van der Waals surface area contributed by atoms with Gasteiger partial charge in [-0.3, -0.25) is 4.79 Å². The lowest BCUT2D eigenvalue weighted by atomic mass is 10.00. The maximum absolute atomic E-state index is 12.1. The first kappa shape index (κ1) is 12.5. The highest BCUT2D eigenvalue weighted by Gasteiger charge is 2.23. The predicted molar refractivity (Wildman–Crippen MR) is 68.4 cm³/mol. The third-order valence-electron chi connectivity index (χ3n) is 3.28. The predicted octanol–water partition coefficient (Wildman–Crippen LogP) is 1.55. The number of rotatable bonds is 2. The average Bonchev–Trinajstić information content (AvgIpc) is 2.61. The molecule has 1 amide bonds. The highest BCUT2D eigenvalue weighted by molar-refractivity contribution is 6.31. The van der Waals surface area contributed by atoms with Crippen LogP contribution in [0.25, 0.3) is 0 Å². The zero-order valence-corrected chi connectivity index (χ0v) is 10.9. The first-order valence-corrected chi connectivity index (χ1v) is 6.32. The van der Waals surface area contributed by atoms with E-state index in [4.69, 9.17) is 11.6 Å². The van der Waals surface area contributed by atoms with Gasteiger partial charge in [0, 0.05) is 25.3 Å². The third-order valence-corrected chi connectivity index (χ3v) is 3.49. The molecule has 2 heterocycles. The summed E-state index contributed by atoms with van der Waals surface area (Å²) in [5.41, 5.74) is 0.604. The Labute approximate surface area is 106 Å². The Morgan fingerprint density at radius 1 is 1.65 bits per heavy atom. The van der Waals surface area contributed by atoms with Gasteiger partial charge in [0.2, 0.25) is 0 Å². The van der Waals surface area contributed by atoms with Crippen molar-refractivity contribution in [3.63, 3.8) is 0 Å². The van der Waals surface area contributed by atoms with Gasteiger partial charge in [-0.1, -0.05) is 11.6 Å². The molecule has 1 aromatic heterocycles. The highest BCUT2D eigenvalue weighted by Crippen LogP contribution is 2.14. The summed E-state index contributed by atoms with van der Waals surface area (Å²) in [4.78, 5) is 12.1. The van der Waals surface area contributed by atoms with Crippen molar-refractivity contribution < 1.29 is 4.79 Å². The minimum Gasteiger partial charge on any atom is -0.346 e. The number of carbonyl (C=O) groups excluding carboxylic acids is 1. The van der Waals surface area contributed by atoms with Gasteiger partial charge in [0.05, 0.1) is 5.02 Å². The monoisotopic (exact) mass is 255 g/mol. The fraction of sp³-hybridized carbons (Fsp3) is 0.583. The molecule has 0 radical (unpaired) electrons. The second kappa shape index (κ2) is 5.10. The fourth-order valence-electron chi connectivity index (χ4n) is 2.23. The summed E-state index contributed by atoms with van der Waals surface area (Å²) in [5.74, 6) is -0.0556. The Morgan fingerprint density at radius 2 is 2.41 bits per heavy atom. The van der Waals surface area contributed by atoms with Crippen molar-refractivity contribution in [2.75, 3.05) is 6.54 Å². The zero-order chi connectivity index (χ0) is 12.4. The smallest absolute Gasteiger partial charge is 0.268 e. The van der Waals surface area contributed by atoms with E-state index >= 15 is 0 Å². The maximum atomic E-state index is 12.1. The summed E-state index contributed by atoms with van der Waals surface area (Å²) in [6.45, 7) is 3.13. The summed E-state index contributed by atoms with van der Waals surface area (Å²) < 4.78 is 1.75. The summed E-state index contributed by atoms with van der Waals surface area (Å²) in [6.07, 6.45) is 3.86. The molecule has 1 saturated heterocycles. The molecule has 2 rings (SSSR count). The van der Waals surface area contributed by atoms with Crippen molar-refractivity contribution in [1.29, 1.82) is 0 Å². The standard InChI is InChI=1S/C12H18ClN3O/c1-8-10(4-3-5-14-8)15-12(17)11-6-9(13)7-16(11)2/h6-8,10,14H,3-5H2,1-2H3,(H,15,17). The van der Waals surface area contributed by atoms with E-state index in [1.54, 1.807) is 16.8 Å². The van der Waals surface area contributed by atoms with Crippen LogP contribution in [-0.2, 0) is 7.05 Å². The van der Waals surface area contributed by atoms with Gasteiger partial charge in [0.1, 0.15) is 5.69 Å². The minimum absolute atomic E-state index is 0.0556. The molecule has 0 bridgehead atoms. The van der Waals surface area contributed by atoms with Crippen LogP contribution < -0.4 is 10.6 Å². The number of aromatic nitrogens is 1. The largest absolute Gasteiger partial charge is 0.346 e. The third kappa shape index (κ3) is 2.82. The molecule has 5 heteroatoms. The molecule has 4 nitrogen and oxygen atoms in total. The maximum Gasteiger partial charge on any atom is 0.268 e. The normalized spacial score (nSPS) is 24.6. The lowest BCUT2D eigenvalue weighted by Gasteiger charge is -2.30. The summed E-state index contributed by atoms with van der Waals surface area (Å²) in [5, 5.41) is 7.01. The van der Waals surface area contributed by atoms with Gasteiger partial charge in [-0.25, -0.2) is 0 Å². The van der Waals surface area contributed by atoms with Crippen LogP contribution in [0.15, 0.2) is 12.3 Å². The molecule has 1 aliphatic rings. The SMILES string of the molecule is CC1NCCCC1NC(=O)c1cc(Cl)cn1C. The molecule has 0 saturated carbocycles. The van der Waals surface area contributed by atoms with Crippen LogP contribution in [0.3, 0.4) is 0 Å². The van der Waals surface area contributed by atoms with Crippen LogP contribution in [0, 0.1) is 0 Å². The van der Waals surface area contributed by atoms with Gasteiger partial charge in [0.15, 0.2) is 0 Å². The lowest BCUT2D eigenvalue weighted by Crippen LogP contribution is -2.52. The molecule has 0 spiro atoms. The Hall–Kier alpha value is -1.00. The summed E-state index contributed by atoms with van der Waals surface area (Å²) in [7, 11) is 1.82. The van der Waals surface area contributed by atoms with Gasteiger partial charge in [-0.2, -0.15) is 0 Å². The quantitative estimate of drug-likeness (QED) is 0.842. The van der Waals surface area contributed by atoms with Gasteiger partial charge in [-0.15, -0.1) is 0 Å². The Kier molecular flexibility index (Phi) is 3.74. The number of nitrogens with one attached hydrogen (secondary N) is 2. The molecule has 94 valence electrons. The number of aryl methyl sites for hydroxylation is 1. The van der Waals surface area contributed by atoms with Crippen molar-refractivity contribution in [2.24, 2.45) is 7.05 Å². The van der Waals surface area contributed by atoms with Crippen LogP contribution in [0.5, 0.6) is 0 Å². The van der Waals surface area contributed by atoms with E-state index in [-0.39, 0.29) is 11.9 Å². The number of halogens is 1. The summed E-state index contributed by atoms with van der Waals surface area (Å²) in [6, 6.07) is 2.21. The van der Waals surface area contributed by atoms with Crippen LogP contribution in [0.2, 0.25) is 5.02 Å². The van der Waals surface area contributed by atoms with Gasteiger partial charge in [-0.05, 0) is 32.4 Å². The van der Waals surface area contributed by atoms with Crippen molar-refractivity contribution in [3.8, 4) is 0 Å². The Morgan fingerprint density at radius 3 is 3.00 bits per heavy atom. The molecular weight excluding hydrogens is 238 g/mol. The molecule has 1 aliphatic heterocycles. The molecule has 1 fully saturated rings. The second-order valence-electron chi connectivity index (χ2n) is 4.62. The van der Waals surface area contributed by atoms with Gasteiger partial charge < -0.3 is 15.2 Å². The van der Waals surface area contributed by atoms with Crippen LogP contribution in [0.1, 0.15) is 30.3 Å². The number of carbonyl (C=O) groups is 1. The van der Waals surface area contributed by atoms with E-state index in [0.29, 0.717) is 16.8 Å². The lowest BCUT2D eigenvalue weighted by molar-refractivity contribution is 0.0911. The second-order valence-corrected chi connectivity index (χ2v) is 5.06. The number of piperidine rings is 1. The number of nitrogens with zero attached hydrogens (tertiary/aromatic N) is 1. The van der Waals surface area contributed by atoms with Crippen molar-refractivity contribution in [1.82, 2.24) is 15.2 Å². The van der Waals surface area contributed by atoms with Crippen molar-refractivity contribution >= 4 is 17.5 Å². The van der Waals surface area contributed by atoms with Crippen LogP contribution in [0.4, 0.5) is 0 Å². The topological polar surface area (TPSA) is 46.1 Å². The van der Waals surface area contributed by atoms with Crippen LogP contribution in [-0.4, -0.2) is 29.1 Å². The minimum atomic E-state index is -0.0556. The van der Waals surface area contributed by atoms with Gasteiger partial charge in [0.25, 0.3) is 5.91 Å². The van der Waals surface area contributed by atoms with E-state index in [2.05, 4.69) is 17.6 Å². The fourth-order valence-corrected chi connectivity index (χ4v) is 2.48. The Bertz CT molecular complexity index is 416. The number of hydrogen-bond donors (Lipinski definition) is 2. The van der Waals surface area contributed by atoms with E-state index in [1.165, 1.54) is 0 Å². The Balaban J connectivity index is 2.03. The first-order chi connectivity index (χ1) is 8.08. The van der Waals surface area contributed by atoms with E-state index in [1.807, 2.05) is 7.05 Å². The molecular formula is C12H18ClN3O. The van der Waals surface area contributed by atoms with E-state index < -0.39 is 0 Å². The first-order valence-electron chi connectivity index (χ1n) is 5.94. The van der Waals surface area contributed by atoms with Crippen LogP contribution >= 0.6 is 11.6 Å². The number of hydrogen-bond acceptors (Lipinski definition) is 2. The zero-order valence-electron chi connectivity index (χ0n) is 10.2. The summed E-state index contributed by atoms with van der Waals surface area (Å²) >= 11 is 5.87. The molecule has 2 atom stereocenters. The molecule has 0 aromatic carbocycles. The molecule has 1 aromatic rings. The molecule has 17 heavy (non-hydrogen) atoms. The highest BCUT2D eigenvalue weighted by atomic mass is 35.5. The average molecular weight is 256 g/mol. The molecule has 0 aliphatic carbocycles. The van der Waals surface area contributed by atoms with E-state index in [9.17, 15) is 4.79 Å². The molecule has 2 N–H and O–H groups in total. The van der Waals surface area contributed by atoms with Crippen molar-refractivity contribution in [2.45, 2.75) is 31.8 Å². The van der Waals surface area contributed by atoms with Crippen molar-refractivity contribution in [3.05, 3.63) is 23.0 Å². The number of amides is 1.